The highest BCUT2D eigenvalue weighted by molar-refractivity contribution is 7.90. The van der Waals surface area contributed by atoms with Crippen molar-refractivity contribution in [3.05, 3.63) is 29.8 Å². The van der Waals surface area contributed by atoms with E-state index in [9.17, 15) is 13.2 Å². The molecule has 1 saturated heterocycles. The normalized spacial score (nSPS) is 25.8. The molecular formula is C20H29NO4S. The van der Waals surface area contributed by atoms with Gasteiger partial charge in [-0.25, -0.2) is 8.42 Å². The summed E-state index contributed by atoms with van der Waals surface area (Å²) in [5.74, 6) is 0.0426. The van der Waals surface area contributed by atoms with Gasteiger partial charge in [0.15, 0.2) is 9.84 Å². The summed E-state index contributed by atoms with van der Waals surface area (Å²) in [6.45, 7) is 3.33. The highest BCUT2D eigenvalue weighted by atomic mass is 32.2. The van der Waals surface area contributed by atoms with Crippen LogP contribution < -0.4 is 5.32 Å². The molecule has 0 spiro atoms. The molecule has 0 radical (unpaired) electrons. The van der Waals surface area contributed by atoms with Gasteiger partial charge in [0.1, 0.15) is 0 Å². The average Bonchev–Trinajstić information content (AvgIpc) is 3.06. The zero-order valence-electron chi connectivity index (χ0n) is 15.7. The minimum absolute atomic E-state index is 0.0426. The molecule has 0 aromatic heterocycles. The van der Waals surface area contributed by atoms with Crippen molar-refractivity contribution in [2.24, 2.45) is 0 Å². The van der Waals surface area contributed by atoms with Crippen LogP contribution in [0.3, 0.4) is 0 Å². The Morgan fingerprint density at radius 2 is 1.73 bits per heavy atom. The maximum atomic E-state index is 13.2. The third kappa shape index (κ3) is 3.96. The fraction of sp³-hybridized carbons (Fsp3) is 0.650. The van der Waals surface area contributed by atoms with E-state index >= 15 is 0 Å². The quantitative estimate of drug-likeness (QED) is 0.854. The first kappa shape index (κ1) is 19.4. The third-order valence-corrected chi connectivity index (χ3v) is 7.03. The van der Waals surface area contributed by atoms with Gasteiger partial charge >= 0.3 is 0 Å². The van der Waals surface area contributed by atoms with Crippen molar-refractivity contribution in [2.75, 3.05) is 19.4 Å². The van der Waals surface area contributed by atoms with Gasteiger partial charge in [-0.15, -0.1) is 0 Å². The molecule has 144 valence electrons. The number of rotatable bonds is 5. The molecule has 1 saturated carbocycles. The van der Waals surface area contributed by atoms with Crippen molar-refractivity contribution in [1.82, 2.24) is 5.32 Å². The molecule has 1 amide bonds. The lowest BCUT2D eigenvalue weighted by atomic mass is 9.68. The molecule has 3 rings (SSSR count). The fourth-order valence-corrected chi connectivity index (χ4v) is 4.87. The van der Waals surface area contributed by atoms with E-state index in [0.717, 1.165) is 57.1 Å². The number of carbonyl (C=O) groups excluding carboxylic acids is 1. The molecule has 1 aromatic carbocycles. The molecule has 6 heteroatoms. The van der Waals surface area contributed by atoms with Gasteiger partial charge in [-0.05, 0) is 50.3 Å². The van der Waals surface area contributed by atoms with Crippen molar-refractivity contribution >= 4 is 15.7 Å². The summed E-state index contributed by atoms with van der Waals surface area (Å²) < 4.78 is 29.2. The van der Waals surface area contributed by atoms with E-state index in [4.69, 9.17) is 4.74 Å². The van der Waals surface area contributed by atoms with Gasteiger partial charge in [0.2, 0.25) is 5.91 Å². The summed E-state index contributed by atoms with van der Waals surface area (Å²) >= 11 is 0. The van der Waals surface area contributed by atoms with Crippen LogP contribution in [0.5, 0.6) is 0 Å². The molecule has 1 aliphatic heterocycles. The van der Waals surface area contributed by atoms with Crippen molar-refractivity contribution < 1.29 is 17.9 Å². The zero-order chi connectivity index (χ0) is 18.8. The maximum absolute atomic E-state index is 13.2. The Labute approximate surface area is 156 Å². The molecule has 1 aliphatic carbocycles. The topological polar surface area (TPSA) is 72.5 Å². The molecule has 26 heavy (non-hydrogen) atoms. The van der Waals surface area contributed by atoms with Crippen molar-refractivity contribution in [1.29, 1.82) is 0 Å². The molecule has 1 unspecified atom stereocenters. The van der Waals surface area contributed by atoms with Gasteiger partial charge in [0.05, 0.1) is 15.9 Å². The van der Waals surface area contributed by atoms with E-state index in [2.05, 4.69) is 12.2 Å². The summed E-state index contributed by atoms with van der Waals surface area (Å²) in [5, 5.41) is 3.14. The smallest absolute Gasteiger partial charge is 0.230 e. The lowest BCUT2D eigenvalue weighted by Gasteiger charge is -2.37. The van der Waals surface area contributed by atoms with Crippen LogP contribution in [0, 0.1) is 0 Å². The predicted molar refractivity (Wildman–Crippen MR) is 101 cm³/mol. The van der Waals surface area contributed by atoms with Crippen LogP contribution in [-0.4, -0.2) is 39.3 Å². The average molecular weight is 380 g/mol. The van der Waals surface area contributed by atoms with Gasteiger partial charge in [-0.2, -0.15) is 0 Å². The largest absolute Gasteiger partial charge is 0.373 e. The van der Waals surface area contributed by atoms with Gasteiger partial charge in [-0.1, -0.05) is 31.4 Å². The lowest BCUT2D eigenvalue weighted by Crippen LogP contribution is -2.50. The van der Waals surface area contributed by atoms with Crippen LogP contribution in [0.15, 0.2) is 29.2 Å². The van der Waals surface area contributed by atoms with Gasteiger partial charge in [0.25, 0.3) is 0 Å². The molecule has 2 aliphatic rings. The second kappa shape index (κ2) is 7.31. The number of hydrogen-bond acceptors (Lipinski definition) is 4. The molecule has 1 heterocycles. The summed E-state index contributed by atoms with van der Waals surface area (Å²) in [6.07, 6.45) is 7.95. The fourth-order valence-electron chi connectivity index (χ4n) is 4.24. The molecule has 1 N–H and O–H groups in total. The molecule has 1 aromatic rings. The number of hydrogen-bond donors (Lipinski definition) is 1. The van der Waals surface area contributed by atoms with Crippen LogP contribution >= 0.6 is 0 Å². The second-order valence-electron chi connectivity index (χ2n) is 8.02. The Bertz CT molecular complexity index is 743. The first-order chi connectivity index (χ1) is 12.3. The van der Waals surface area contributed by atoms with E-state index in [1.165, 1.54) is 6.26 Å². The Balaban J connectivity index is 1.82. The van der Waals surface area contributed by atoms with E-state index in [-0.39, 0.29) is 11.5 Å². The Kier molecular flexibility index (Phi) is 5.45. The van der Waals surface area contributed by atoms with Gasteiger partial charge in [0, 0.05) is 19.4 Å². The van der Waals surface area contributed by atoms with E-state index in [0.29, 0.717) is 11.4 Å². The summed E-state index contributed by atoms with van der Waals surface area (Å²) in [6, 6.07) is 6.87. The van der Waals surface area contributed by atoms with Crippen LogP contribution in [-0.2, 0) is 24.8 Å². The van der Waals surface area contributed by atoms with Crippen molar-refractivity contribution in [3.8, 4) is 0 Å². The minimum Gasteiger partial charge on any atom is -0.373 e. The Morgan fingerprint density at radius 3 is 2.27 bits per heavy atom. The van der Waals surface area contributed by atoms with E-state index in [1.54, 1.807) is 12.1 Å². The number of benzene rings is 1. The summed E-state index contributed by atoms with van der Waals surface area (Å²) in [4.78, 5) is 13.5. The van der Waals surface area contributed by atoms with Crippen molar-refractivity contribution in [2.45, 2.75) is 67.8 Å². The molecule has 1 atom stereocenters. The number of nitrogens with one attached hydrogen (secondary N) is 1. The van der Waals surface area contributed by atoms with Crippen molar-refractivity contribution in [3.63, 3.8) is 0 Å². The maximum Gasteiger partial charge on any atom is 0.230 e. The van der Waals surface area contributed by atoms with Gasteiger partial charge < -0.3 is 10.1 Å². The Hall–Kier alpha value is -1.40. The number of carbonyl (C=O) groups is 1. The molecule has 5 nitrogen and oxygen atoms in total. The summed E-state index contributed by atoms with van der Waals surface area (Å²) in [5.41, 5.74) is 0.0779. The number of sulfone groups is 1. The third-order valence-electron chi connectivity index (χ3n) is 5.90. The molecule has 0 bridgehead atoms. The zero-order valence-corrected chi connectivity index (χ0v) is 16.5. The minimum atomic E-state index is -3.24. The highest BCUT2D eigenvalue weighted by Crippen LogP contribution is 2.40. The van der Waals surface area contributed by atoms with Crippen LogP contribution in [0.2, 0.25) is 0 Å². The second-order valence-corrected chi connectivity index (χ2v) is 10.0. The Morgan fingerprint density at radius 1 is 1.08 bits per heavy atom. The number of ether oxygens (including phenoxy) is 1. The molecular weight excluding hydrogens is 350 g/mol. The van der Waals surface area contributed by atoms with Crippen LogP contribution in [0.1, 0.15) is 57.4 Å². The summed E-state index contributed by atoms with van der Waals surface area (Å²) in [7, 11) is -3.24. The highest BCUT2D eigenvalue weighted by Gasteiger charge is 2.42. The SMILES string of the molecule is CC1(CNC(=O)C2(c3ccc(S(C)(=O)=O)cc3)CCCCC2)CCCO1. The van der Waals surface area contributed by atoms with Crippen LogP contribution in [0.4, 0.5) is 0 Å². The van der Waals surface area contributed by atoms with Crippen LogP contribution in [0.25, 0.3) is 0 Å². The molecule has 2 fully saturated rings. The first-order valence-corrected chi connectivity index (χ1v) is 11.4. The van der Waals surface area contributed by atoms with E-state index < -0.39 is 15.3 Å². The van der Waals surface area contributed by atoms with E-state index in [1.807, 2.05) is 12.1 Å². The monoisotopic (exact) mass is 379 g/mol. The predicted octanol–water partition coefficient (Wildman–Crippen LogP) is 2.98. The first-order valence-electron chi connectivity index (χ1n) is 9.48. The standard InChI is InChI=1S/C20H29NO4S/c1-19(11-6-14-25-19)15-21-18(22)20(12-4-3-5-13-20)16-7-9-17(10-8-16)26(2,23)24/h7-10H,3-6,11-15H2,1-2H3,(H,21,22). The number of amides is 1. The van der Waals surface area contributed by atoms with Gasteiger partial charge in [-0.3, -0.25) is 4.79 Å². The lowest BCUT2D eigenvalue weighted by molar-refractivity contribution is -0.129.